The highest BCUT2D eigenvalue weighted by Crippen LogP contribution is 2.32. The van der Waals surface area contributed by atoms with Crippen LogP contribution in [0.1, 0.15) is 21.3 Å². The summed E-state index contributed by atoms with van der Waals surface area (Å²) in [5, 5.41) is 3.37. The van der Waals surface area contributed by atoms with E-state index in [1.165, 1.54) is 11.3 Å². The maximum atomic E-state index is 12.8. The Morgan fingerprint density at radius 2 is 2.18 bits per heavy atom. The van der Waals surface area contributed by atoms with Gasteiger partial charge in [0.05, 0.1) is 21.8 Å². The molecule has 0 spiro atoms. The van der Waals surface area contributed by atoms with Gasteiger partial charge in [0.25, 0.3) is 5.91 Å². The number of benzene rings is 1. The van der Waals surface area contributed by atoms with Crippen molar-refractivity contribution in [1.82, 2.24) is 10.2 Å². The van der Waals surface area contributed by atoms with Gasteiger partial charge in [-0.3, -0.25) is 4.79 Å². The van der Waals surface area contributed by atoms with E-state index >= 15 is 0 Å². The van der Waals surface area contributed by atoms with Crippen LogP contribution in [0.15, 0.2) is 40.2 Å². The van der Waals surface area contributed by atoms with Gasteiger partial charge in [-0.15, -0.1) is 11.3 Å². The minimum absolute atomic E-state index is 0.0155. The van der Waals surface area contributed by atoms with Gasteiger partial charge in [-0.25, -0.2) is 0 Å². The Bertz CT molecular complexity index is 674. The summed E-state index contributed by atoms with van der Waals surface area (Å²) >= 11 is 4.89. The van der Waals surface area contributed by atoms with Crippen LogP contribution in [-0.2, 0) is 0 Å². The minimum atomic E-state index is -0.0155. The number of nitrogens with one attached hydrogen (secondary N) is 1. The third-order valence-corrected chi connectivity index (χ3v) is 5.40. The number of amides is 1. The average Bonchev–Trinajstić information content (AvgIpc) is 3.00. The molecule has 116 valence electrons. The van der Waals surface area contributed by atoms with Crippen LogP contribution in [0.2, 0.25) is 0 Å². The largest absolute Gasteiger partial charge is 0.496 e. The van der Waals surface area contributed by atoms with Gasteiger partial charge in [-0.2, -0.15) is 0 Å². The van der Waals surface area contributed by atoms with E-state index in [-0.39, 0.29) is 11.9 Å². The molecule has 0 saturated carbocycles. The second-order valence-electron chi connectivity index (χ2n) is 5.06. The van der Waals surface area contributed by atoms with Crippen molar-refractivity contribution in [2.75, 3.05) is 26.7 Å². The van der Waals surface area contributed by atoms with Crippen LogP contribution in [-0.4, -0.2) is 37.6 Å². The molecular formula is C16H17BrN2O2S. The molecule has 1 N–H and O–H groups in total. The molecule has 4 nitrogen and oxygen atoms in total. The van der Waals surface area contributed by atoms with Gasteiger partial charge in [-0.1, -0.05) is 18.2 Å². The Hall–Kier alpha value is -1.37. The van der Waals surface area contributed by atoms with Gasteiger partial charge in [-0.05, 0) is 34.1 Å². The third kappa shape index (κ3) is 3.04. The van der Waals surface area contributed by atoms with E-state index in [1.54, 1.807) is 7.11 Å². The lowest BCUT2D eigenvalue weighted by Gasteiger charge is -2.36. The Labute approximate surface area is 142 Å². The van der Waals surface area contributed by atoms with Crippen LogP contribution in [0.4, 0.5) is 0 Å². The number of hydrogen-bond donors (Lipinski definition) is 1. The third-order valence-electron chi connectivity index (χ3n) is 3.79. The van der Waals surface area contributed by atoms with E-state index in [0.717, 1.165) is 33.1 Å². The Morgan fingerprint density at radius 1 is 1.36 bits per heavy atom. The lowest BCUT2D eigenvalue weighted by atomic mass is 10.0. The molecule has 2 heterocycles. The van der Waals surface area contributed by atoms with Gasteiger partial charge in [0, 0.05) is 25.2 Å². The Morgan fingerprint density at radius 3 is 2.91 bits per heavy atom. The fourth-order valence-electron chi connectivity index (χ4n) is 2.74. The standard InChI is InChI=1S/C16H17BrN2O2S/c1-21-13-5-3-2-4-11(13)12-10-18-8-9-19(12)16(20)14-6-7-15(17)22-14/h2-7,12,18H,8-10H2,1H3. The van der Waals surface area contributed by atoms with Crippen molar-refractivity contribution in [2.24, 2.45) is 0 Å². The molecule has 1 atom stereocenters. The smallest absolute Gasteiger partial charge is 0.264 e. The first-order valence-electron chi connectivity index (χ1n) is 7.10. The van der Waals surface area contributed by atoms with Crippen molar-refractivity contribution in [3.05, 3.63) is 50.6 Å². The first-order chi connectivity index (χ1) is 10.7. The highest BCUT2D eigenvalue weighted by atomic mass is 79.9. The maximum Gasteiger partial charge on any atom is 0.264 e. The monoisotopic (exact) mass is 380 g/mol. The Kier molecular flexibility index (Phi) is 4.81. The minimum Gasteiger partial charge on any atom is -0.496 e. The number of carbonyl (C=O) groups is 1. The summed E-state index contributed by atoms with van der Waals surface area (Å²) < 4.78 is 6.44. The molecule has 1 aromatic heterocycles. The summed E-state index contributed by atoms with van der Waals surface area (Å²) in [5.41, 5.74) is 1.04. The van der Waals surface area contributed by atoms with E-state index < -0.39 is 0 Å². The summed E-state index contributed by atoms with van der Waals surface area (Å²) in [5.74, 6) is 0.898. The van der Waals surface area contributed by atoms with E-state index in [0.29, 0.717) is 6.54 Å². The van der Waals surface area contributed by atoms with Gasteiger partial charge < -0.3 is 15.0 Å². The number of ether oxygens (including phenoxy) is 1. The number of piperazine rings is 1. The van der Waals surface area contributed by atoms with Crippen molar-refractivity contribution in [2.45, 2.75) is 6.04 Å². The van der Waals surface area contributed by atoms with Crippen LogP contribution in [0.5, 0.6) is 5.75 Å². The summed E-state index contributed by atoms with van der Waals surface area (Å²) in [4.78, 5) is 15.5. The molecule has 22 heavy (non-hydrogen) atoms. The lowest BCUT2D eigenvalue weighted by Crippen LogP contribution is -2.48. The molecule has 6 heteroatoms. The zero-order valence-electron chi connectivity index (χ0n) is 12.2. The zero-order valence-corrected chi connectivity index (χ0v) is 14.6. The van der Waals surface area contributed by atoms with Crippen LogP contribution in [0, 0.1) is 0 Å². The molecule has 3 rings (SSSR count). The second-order valence-corrected chi connectivity index (χ2v) is 7.53. The number of nitrogens with zero attached hydrogens (tertiary/aromatic N) is 1. The van der Waals surface area contributed by atoms with Crippen molar-refractivity contribution in [3.63, 3.8) is 0 Å². The second kappa shape index (κ2) is 6.81. The van der Waals surface area contributed by atoms with Crippen molar-refractivity contribution >= 4 is 33.2 Å². The van der Waals surface area contributed by atoms with Crippen molar-refractivity contribution in [1.29, 1.82) is 0 Å². The first-order valence-corrected chi connectivity index (χ1v) is 8.71. The molecule has 1 aliphatic rings. The highest BCUT2D eigenvalue weighted by molar-refractivity contribution is 9.11. The van der Waals surface area contributed by atoms with Gasteiger partial charge in [0.15, 0.2) is 0 Å². The van der Waals surface area contributed by atoms with Crippen LogP contribution >= 0.6 is 27.3 Å². The van der Waals surface area contributed by atoms with Gasteiger partial charge in [0.1, 0.15) is 5.75 Å². The zero-order chi connectivity index (χ0) is 15.5. The van der Waals surface area contributed by atoms with Crippen LogP contribution in [0.3, 0.4) is 0 Å². The number of halogens is 1. The summed E-state index contributed by atoms with van der Waals surface area (Å²) in [6.07, 6.45) is 0. The number of hydrogen-bond acceptors (Lipinski definition) is 4. The molecule has 1 amide bonds. The molecule has 0 bridgehead atoms. The quantitative estimate of drug-likeness (QED) is 0.887. The van der Waals surface area contributed by atoms with Gasteiger partial charge in [0.2, 0.25) is 0 Å². The SMILES string of the molecule is COc1ccccc1C1CNCCN1C(=O)c1ccc(Br)s1. The normalized spacial score (nSPS) is 18.3. The fourth-order valence-corrected chi connectivity index (χ4v) is 4.08. The topological polar surface area (TPSA) is 41.6 Å². The molecular weight excluding hydrogens is 364 g/mol. The van der Waals surface area contributed by atoms with E-state index in [2.05, 4.69) is 21.2 Å². The fraction of sp³-hybridized carbons (Fsp3) is 0.312. The maximum absolute atomic E-state index is 12.8. The van der Waals surface area contributed by atoms with E-state index in [4.69, 9.17) is 4.74 Å². The predicted molar refractivity (Wildman–Crippen MR) is 91.7 cm³/mol. The van der Waals surface area contributed by atoms with Crippen LogP contribution in [0.25, 0.3) is 0 Å². The summed E-state index contributed by atoms with van der Waals surface area (Å²) in [7, 11) is 1.66. The number of para-hydroxylation sites is 1. The summed E-state index contributed by atoms with van der Waals surface area (Å²) in [6, 6.07) is 11.7. The molecule has 1 unspecified atom stereocenters. The van der Waals surface area contributed by atoms with E-state index in [9.17, 15) is 4.79 Å². The van der Waals surface area contributed by atoms with Gasteiger partial charge >= 0.3 is 0 Å². The number of methoxy groups -OCH3 is 1. The van der Waals surface area contributed by atoms with Crippen molar-refractivity contribution in [3.8, 4) is 5.75 Å². The lowest BCUT2D eigenvalue weighted by molar-refractivity contribution is 0.0636. The molecule has 1 aliphatic heterocycles. The Balaban J connectivity index is 1.93. The molecule has 0 aliphatic carbocycles. The number of carbonyl (C=O) groups excluding carboxylic acids is 1. The number of rotatable bonds is 3. The average molecular weight is 381 g/mol. The molecule has 1 fully saturated rings. The van der Waals surface area contributed by atoms with Crippen LogP contribution < -0.4 is 10.1 Å². The van der Waals surface area contributed by atoms with E-state index in [1.807, 2.05) is 41.3 Å². The molecule has 2 aromatic rings. The number of thiophene rings is 1. The predicted octanol–water partition coefficient (Wildman–Crippen LogP) is 3.31. The van der Waals surface area contributed by atoms with Crippen molar-refractivity contribution < 1.29 is 9.53 Å². The molecule has 0 radical (unpaired) electrons. The summed E-state index contributed by atoms with van der Waals surface area (Å²) in [6.45, 7) is 2.24. The molecule has 1 aromatic carbocycles. The first kappa shape index (κ1) is 15.5. The highest BCUT2D eigenvalue weighted by Gasteiger charge is 2.30. The molecule has 1 saturated heterocycles.